The summed E-state index contributed by atoms with van der Waals surface area (Å²) in [6, 6.07) is 14.2. The van der Waals surface area contributed by atoms with E-state index in [0.29, 0.717) is 21.7 Å². The summed E-state index contributed by atoms with van der Waals surface area (Å²) in [5.74, 6) is -0.310. The minimum absolute atomic E-state index is 0.0753. The molecule has 1 aromatic heterocycles. The lowest BCUT2D eigenvalue weighted by Crippen LogP contribution is -2.25. The van der Waals surface area contributed by atoms with Crippen molar-refractivity contribution in [3.05, 3.63) is 64.0 Å². The van der Waals surface area contributed by atoms with Gasteiger partial charge in [0.05, 0.1) is 21.7 Å². The number of hydrogen-bond donors (Lipinski definition) is 2. The molecule has 0 fully saturated rings. The molecule has 0 aliphatic rings. The first-order chi connectivity index (χ1) is 10.1. The number of aromatic amines is 1. The maximum Gasteiger partial charge on any atom is 0.326 e. The van der Waals surface area contributed by atoms with Gasteiger partial charge in [-0.2, -0.15) is 0 Å². The Morgan fingerprint density at radius 1 is 1.14 bits per heavy atom. The van der Waals surface area contributed by atoms with Crippen molar-refractivity contribution in [2.24, 2.45) is 0 Å². The number of nitrogens with one attached hydrogen (secondary N) is 2. The SMILES string of the molecule is O=C(Cn1c(=O)[nH]c2ccccc21)Nc1ccccc1Cl. The zero-order chi connectivity index (χ0) is 14.8. The van der Waals surface area contributed by atoms with Crippen LogP contribution in [-0.4, -0.2) is 15.5 Å². The molecule has 6 heteroatoms. The predicted molar refractivity (Wildman–Crippen MR) is 82.6 cm³/mol. The minimum atomic E-state index is -0.314. The number of imidazole rings is 1. The highest BCUT2D eigenvalue weighted by molar-refractivity contribution is 6.33. The van der Waals surface area contributed by atoms with Crippen LogP contribution in [0.2, 0.25) is 5.02 Å². The number of carbonyl (C=O) groups is 1. The van der Waals surface area contributed by atoms with Crippen LogP contribution in [0.25, 0.3) is 11.0 Å². The molecule has 0 atom stereocenters. The van der Waals surface area contributed by atoms with E-state index in [-0.39, 0.29) is 18.1 Å². The van der Waals surface area contributed by atoms with Gasteiger partial charge in [0.15, 0.2) is 0 Å². The third kappa shape index (κ3) is 2.68. The lowest BCUT2D eigenvalue weighted by Gasteiger charge is -2.07. The fraction of sp³-hybridized carbons (Fsp3) is 0.0667. The maximum absolute atomic E-state index is 12.1. The summed E-state index contributed by atoms with van der Waals surface area (Å²) in [5.41, 5.74) is 1.60. The molecule has 0 radical (unpaired) electrons. The Morgan fingerprint density at radius 2 is 1.86 bits per heavy atom. The van der Waals surface area contributed by atoms with Crippen molar-refractivity contribution < 1.29 is 4.79 Å². The van der Waals surface area contributed by atoms with Crippen LogP contribution < -0.4 is 11.0 Å². The molecule has 0 bridgehead atoms. The standard InChI is InChI=1S/C15H12ClN3O2/c16-10-5-1-2-6-11(10)17-14(20)9-19-13-8-4-3-7-12(13)18-15(19)21/h1-8H,9H2,(H,17,20)(H,18,21). The molecule has 2 N–H and O–H groups in total. The predicted octanol–water partition coefficient (Wildman–Crippen LogP) is 2.62. The number of halogens is 1. The van der Waals surface area contributed by atoms with E-state index in [1.54, 1.807) is 36.4 Å². The third-order valence-corrected chi connectivity index (χ3v) is 3.46. The lowest BCUT2D eigenvalue weighted by molar-refractivity contribution is -0.116. The Labute approximate surface area is 125 Å². The van der Waals surface area contributed by atoms with Crippen molar-refractivity contribution in [1.29, 1.82) is 0 Å². The first-order valence-corrected chi connectivity index (χ1v) is 6.75. The highest BCUT2D eigenvalue weighted by Crippen LogP contribution is 2.20. The van der Waals surface area contributed by atoms with E-state index < -0.39 is 0 Å². The molecule has 3 aromatic rings. The Hall–Kier alpha value is -2.53. The Bertz CT molecular complexity index is 866. The molecule has 0 aliphatic heterocycles. The fourth-order valence-electron chi connectivity index (χ4n) is 2.16. The van der Waals surface area contributed by atoms with Gasteiger partial charge < -0.3 is 10.3 Å². The first-order valence-electron chi connectivity index (χ1n) is 6.37. The number of H-pyrrole nitrogens is 1. The van der Waals surface area contributed by atoms with Crippen molar-refractivity contribution >= 4 is 34.2 Å². The zero-order valence-corrected chi connectivity index (χ0v) is 11.7. The second-order valence-corrected chi connectivity index (χ2v) is 4.97. The van der Waals surface area contributed by atoms with Crippen LogP contribution in [0.4, 0.5) is 5.69 Å². The average molecular weight is 302 g/mol. The van der Waals surface area contributed by atoms with Crippen molar-refractivity contribution in [1.82, 2.24) is 9.55 Å². The highest BCUT2D eigenvalue weighted by Gasteiger charge is 2.11. The van der Waals surface area contributed by atoms with Crippen LogP contribution in [0.5, 0.6) is 0 Å². The average Bonchev–Trinajstić information content (AvgIpc) is 2.78. The number of amides is 1. The number of para-hydroxylation sites is 3. The van der Waals surface area contributed by atoms with Gasteiger partial charge in [0.1, 0.15) is 6.54 Å². The Kier molecular flexibility index (Phi) is 3.50. The summed E-state index contributed by atoms with van der Waals surface area (Å²) >= 11 is 5.99. The Morgan fingerprint density at radius 3 is 2.67 bits per heavy atom. The normalized spacial score (nSPS) is 10.7. The molecule has 0 aliphatic carbocycles. The first kappa shape index (κ1) is 13.5. The van der Waals surface area contributed by atoms with E-state index in [0.717, 1.165) is 0 Å². The summed E-state index contributed by atoms with van der Waals surface area (Å²) in [5, 5.41) is 3.15. The summed E-state index contributed by atoms with van der Waals surface area (Å²) in [6.45, 7) is -0.0753. The molecular formula is C15H12ClN3O2. The van der Waals surface area contributed by atoms with Gasteiger partial charge in [-0.3, -0.25) is 9.36 Å². The van der Waals surface area contributed by atoms with Gasteiger partial charge in [-0.1, -0.05) is 35.9 Å². The van der Waals surface area contributed by atoms with Gasteiger partial charge in [-0.05, 0) is 24.3 Å². The van der Waals surface area contributed by atoms with Gasteiger partial charge in [0.25, 0.3) is 0 Å². The van der Waals surface area contributed by atoms with Gasteiger partial charge in [0, 0.05) is 0 Å². The summed E-state index contributed by atoms with van der Waals surface area (Å²) in [4.78, 5) is 26.7. The van der Waals surface area contributed by atoms with E-state index >= 15 is 0 Å². The number of anilines is 1. The van der Waals surface area contributed by atoms with Crippen molar-refractivity contribution in [3.63, 3.8) is 0 Å². The quantitative estimate of drug-likeness (QED) is 0.781. The summed E-state index contributed by atoms with van der Waals surface area (Å²) in [6.07, 6.45) is 0. The number of nitrogens with zero attached hydrogens (tertiary/aromatic N) is 1. The van der Waals surface area contributed by atoms with E-state index in [1.165, 1.54) is 4.57 Å². The van der Waals surface area contributed by atoms with E-state index in [1.807, 2.05) is 12.1 Å². The summed E-state index contributed by atoms with van der Waals surface area (Å²) in [7, 11) is 0. The molecule has 0 saturated heterocycles. The lowest BCUT2D eigenvalue weighted by atomic mass is 10.3. The number of hydrogen-bond acceptors (Lipinski definition) is 2. The van der Waals surface area contributed by atoms with Crippen LogP contribution in [0.3, 0.4) is 0 Å². The number of fused-ring (bicyclic) bond motifs is 1. The molecule has 1 heterocycles. The van der Waals surface area contributed by atoms with Crippen LogP contribution in [-0.2, 0) is 11.3 Å². The van der Waals surface area contributed by atoms with Crippen LogP contribution in [0.15, 0.2) is 53.3 Å². The van der Waals surface area contributed by atoms with Gasteiger partial charge in [-0.15, -0.1) is 0 Å². The van der Waals surface area contributed by atoms with Gasteiger partial charge >= 0.3 is 5.69 Å². The topological polar surface area (TPSA) is 66.9 Å². The molecule has 3 rings (SSSR count). The fourth-order valence-corrected chi connectivity index (χ4v) is 2.34. The van der Waals surface area contributed by atoms with Gasteiger partial charge in [0.2, 0.25) is 5.91 Å². The van der Waals surface area contributed by atoms with Crippen molar-refractivity contribution in [2.45, 2.75) is 6.54 Å². The molecule has 1 amide bonds. The number of carbonyl (C=O) groups excluding carboxylic acids is 1. The van der Waals surface area contributed by atoms with Crippen molar-refractivity contribution in [2.75, 3.05) is 5.32 Å². The number of aromatic nitrogens is 2. The number of rotatable bonds is 3. The molecule has 0 spiro atoms. The van der Waals surface area contributed by atoms with E-state index in [2.05, 4.69) is 10.3 Å². The molecule has 0 saturated carbocycles. The second-order valence-electron chi connectivity index (χ2n) is 4.56. The van der Waals surface area contributed by atoms with Crippen LogP contribution in [0.1, 0.15) is 0 Å². The molecular weight excluding hydrogens is 290 g/mol. The summed E-state index contributed by atoms with van der Waals surface area (Å²) < 4.78 is 1.39. The molecule has 0 unspecified atom stereocenters. The van der Waals surface area contributed by atoms with Crippen LogP contribution >= 0.6 is 11.6 Å². The van der Waals surface area contributed by atoms with Crippen molar-refractivity contribution in [3.8, 4) is 0 Å². The maximum atomic E-state index is 12.1. The molecule has 5 nitrogen and oxygen atoms in total. The monoisotopic (exact) mass is 301 g/mol. The number of benzene rings is 2. The second kappa shape index (κ2) is 5.46. The molecule has 106 valence electrons. The van der Waals surface area contributed by atoms with Crippen LogP contribution in [0, 0.1) is 0 Å². The largest absolute Gasteiger partial charge is 0.326 e. The van der Waals surface area contributed by atoms with Gasteiger partial charge in [-0.25, -0.2) is 4.79 Å². The van der Waals surface area contributed by atoms with E-state index in [4.69, 9.17) is 11.6 Å². The zero-order valence-electron chi connectivity index (χ0n) is 11.0. The highest BCUT2D eigenvalue weighted by atomic mass is 35.5. The molecule has 2 aromatic carbocycles. The molecule has 21 heavy (non-hydrogen) atoms. The Balaban J connectivity index is 1.86. The smallest absolute Gasteiger partial charge is 0.323 e. The minimum Gasteiger partial charge on any atom is -0.323 e. The van der Waals surface area contributed by atoms with E-state index in [9.17, 15) is 9.59 Å². The third-order valence-electron chi connectivity index (χ3n) is 3.13.